The summed E-state index contributed by atoms with van der Waals surface area (Å²) in [7, 11) is 1.61. The largest absolute Gasteiger partial charge is 0.493 e. The number of aliphatic carboxylic acids is 1. The first kappa shape index (κ1) is 16.0. The number of benzene rings is 1. The highest BCUT2D eigenvalue weighted by molar-refractivity contribution is 5.92. The van der Waals surface area contributed by atoms with Crippen molar-refractivity contribution in [3.63, 3.8) is 0 Å². The highest BCUT2D eigenvalue weighted by atomic mass is 16.5. The summed E-state index contributed by atoms with van der Waals surface area (Å²) in [4.78, 5) is 25.8. The van der Waals surface area contributed by atoms with Crippen LogP contribution in [0.1, 0.15) is 5.56 Å². The van der Waals surface area contributed by atoms with Crippen LogP contribution in [0, 0.1) is 11.3 Å². The number of fused-ring (bicyclic) bond motifs is 2. The Bertz CT molecular complexity index is 775. The number of para-hydroxylation sites is 1. The number of hydrogen-bond donors (Lipinski definition) is 2. The predicted molar refractivity (Wildman–Crippen MR) is 89.5 cm³/mol. The van der Waals surface area contributed by atoms with Gasteiger partial charge in [0.05, 0.1) is 13.0 Å². The van der Waals surface area contributed by atoms with Crippen molar-refractivity contribution in [3.8, 4) is 11.5 Å². The van der Waals surface area contributed by atoms with E-state index in [1.54, 1.807) is 7.11 Å². The fourth-order valence-electron chi connectivity index (χ4n) is 4.07. The molecular formula is C18H20N2O5. The van der Waals surface area contributed by atoms with Crippen LogP contribution in [0.4, 0.5) is 0 Å². The smallest absolute Gasteiger partial charge is 0.313 e. The number of likely N-dealkylation sites (tertiary alicyclic amines) is 1. The van der Waals surface area contributed by atoms with Gasteiger partial charge < -0.3 is 19.9 Å². The minimum Gasteiger partial charge on any atom is -0.493 e. The summed E-state index contributed by atoms with van der Waals surface area (Å²) in [6.45, 7) is 2.06. The summed E-state index contributed by atoms with van der Waals surface area (Å²) in [6, 6.07) is 5.72. The Morgan fingerprint density at radius 1 is 1.52 bits per heavy atom. The van der Waals surface area contributed by atoms with Crippen molar-refractivity contribution in [1.82, 2.24) is 10.2 Å². The molecule has 1 amide bonds. The molecule has 7 nitrogen and oxygen atoms in total. The molecule has 2 saturated heterocycles. The van der Waals surface area contributed by atoms with Crippen molar-refractivity contribution in [2.45, 2.75) is 0 Å². The first-order chi connectivity index (χ1) is 12.0. The van der Waals surface area contributed by atoms with Gasteiger partial charge in [-0.1, -0.05) is 12.1 Å². The van der Waals surface area contributed by atoms with Crippen molar-refractivity contribution in [2.24, 2.45) is 11.3 Å². The van der Waals surface area contributed by atoms with Gasteiger partial charge in [-0.15, -0.1) is 0 Å². The molecular weight excluding hydrogens is 324 g/mol. The summed E-state index contributed by atoms with van der Waals surface area (Å²) in [6.07, 6.45) is 2.06. The lowest BCUT2D eigenvalue weighted by molar-refractivity contribution is -0.149. The van der Waals surface area contributed by atoms with E-state index < -0.39 is 17.3 Å². The van der Waals surface area contributed by atoms with Crippen LogP contribution in [-0.2, 0) is 9.59 Å². The third-order valence-electron chi connectivity index (χ3n) is 5.35. The molecule has 4 rings (SSSR count). The van der Waals surface area contributed by atoms with Gasteiger partial charge in [0.2, 0.25) is 5.91 Å². The van der Waals surface area contributed by atoms with Gasteiger partial charge >= 0.3 is 5.97 Å². The molecule has 2 N–H and O–H groups in total. The monoisotopic (exact) mass is 344 g/mol. The number of nitrogens with one attached hydrogen (secondary N) is 1. The van der Waals surface area contributed by atoms with Gasteiger partial charge in [0.1, 0.15) is 12.0 Å². The zero-order valence-electron chi connectivity index (χ0n) is 13.9. The quantitative estimate of drug-likeness (QED) is 0.832. The van der Waals surface area contributed by atoms with Crippen LogP contribution < -0.4 is 14.8 Å². The molecule has 1 aromatic rings. The first-order valence-electron chi connectivity index (χ1n) is 8.26. The maximum absolute atomic E-state index is 12.0. The second-order valence-electron chi connectivity index (χ2n) is 6.87. The van der Waals surface area contributed by atoms with Crippen molar-refractivity contribution in [1.29, 1.82) is 0 Å². The van der Waals surface area contributed by atoms with Crippen LogP contribution in [0.3, 0.4) is 0 Å². The highest BCUT2D eigenvalue weighted by Gasteiger charge is 2.59. The Kier molecular flexibility index (Phi) is 3.68. The molecule has 0 aliphatic carbocycles. The summed E-state index contributed by atoms with van der Waals surface area (Å²) in [5.74, 6) is -0.114. The van der Waals surface area contributed by atoms with Crippen LogP contribution in [0.2, 0.25) is 0 Å². The molecule has 0 spiro atoms. The lowest BCUT2D eigenvalue weighted by Gasteiger charge is -2.25. The van der Waals surface area contributed by atoms with Gasteiger partial charge in [-0.3, -0.25) is 14.5 Å². The van der Waals surface area contributed by atoms with Gasteiger partial charge in [-0.25, -0.2) is 0 Å². The Morgan fingerprint density at radius 2 is 2.36 bits per heavy atom. The van der Waals surface area contributed by atoms with Gasteiger partial charge in [0.15, 0.2) is 11.5 Å². The highest BCUT2D eigenvalue weighted by Crippen LogP contribution is 2.41. The van der Waals surface area contributed by atoms with E-state index in [9.17, 15) is 14.7 Å². The molecule has 0 aromatic heterocycles. The molecule has 7 heteroatoms. The molecule has 3 aliphatic heterocycles. The van der Waals surface area contributed by atoms with E-state index in [1.165, 1.54) is 0 Å². The molecule has 0 bridgehead atoms. The van der Waals surface area contributed by atoms with Crippen molar-refractivity contribution >= 4 is 18.0 Å². The maximum atomic E-state index is 12.0. The van der Waals surface area contributed by atoms with Gasteiger partial charge in [0.25, 0.3) is 0 Å². The van der Waals surface area contributed by atoms with E-state index in [1.807, 2.05) is 23.1 Å². The normalized spacial score (nSPS) is 27.8. The lowest BCUT2D eigenvalue weighted by Crippen LogP contribution is -2.40. The van der Waals surface area contributed by atoms with E-state index >= 15 is 0 Å². The molecule has 0 saturated carbocycles. The van der Waals surface area contributed by atoms with Gasteiger partial charge in [-0.2, -0.15) is 0 Å². The maximum Gasteiger partial charge on any atom is 0.313 e. The number of hydrogen-bond acceptors (Lipinski definition) is 5. The summed E-state index contributed by atoms with van der Waals surface area (Å²) in [5, 5.41) is 12.3. The number of rotatable bonds is 4. The number of carboxylic acids is 1. The minimum atomic E-state index is -1.01. The van der Waals surface area contributed by atoms with Crippen molar-refractivity contribution in [2.75, 3.05) is 39.9 Å². The molecule has 1 aromatic carbocycles. The fourth-order valence-corrected chi connectivity index (χ4v) is 4.07. The van der Waals surface area contributed by atoms with E-state index in [0.717, 1.165) is 16.9 Å². The second-order valence-corrected chi connectivity index (χ2v) is 6.87. The number of methoxy groups -OCH3 is 1. The molecule has 3 aliphatic rings. The van der Waals surface area contributed by atoms with Crippen LogP contribution in [-0.4, -0.2) is 61.8 Å². The lowest BCUT2D eigenvalue weighted by atomic mass is 9.81. The molecule has 0 radical (unpaired) electrons. The van der Waals surface area contributed by atoms with E-state index in [4.69, 9.17) is 9.47 Å². The number of carboxylic acid groups (broad SMARTS) is 1. The van der Waals surface area contributed by atoms with Crippen molar-refractivity contribution in [3.05, 3.63) is 29.3 Å². The first-order valence-corrected chi connectivity index (χ1v) is 8.26. The Morgan fingerprint density at radius 3 is 3.08 bits per heavy atom. The van der Waals surface area contributed by atoms with E-state index in [-0.39, 0.29) is 12.5 Å². The third kappa shape index (κ3) is 2.46. The zero-order valence-corrected chi connectivity index (χ0v) is 13.9. The van der Waals surface area contributed by atoms with E-state index in [0.29, 0.717) is 32.0 Å². The summed E-state index contributed by atoms with van der Waals surface area (Å²) in [5.41, 5.74) is 1.00. The van der Waals surface area contributed by atoms with Crippen LogP contribution >= 0.6 is 0 Å². The van der Waals surface area contributed by atoms with Crippen molar-refractivity contribution < 1.29 is 24.2 Å². The molecule has 2 atom stereocenters. The number of ether oxygens (including phenoxy) is 2. The van der Waals surface area contributed by atoms with Crippen LogP contribution in [0.5, 0.6) is 11.5 Å². The summed E-state index contributed by atoms with van der Waals surface area (Å²) < 4.78 is 11.1. The third-order valence-corrected chi connectivity index (χ3v) is 5.35. The molecule has 25 heavy (non-hydrogen) atoms. The molecule has 3 heterocycles. The standard InChI is InChI=1S/C18H20N2O5/c1-24-14-4-2-3-12-5-11(8-25-15(12)14)6-20-7-13-16(21)19-9-18(13,10-20)17(22)23/h2-5,13H,6-10H2,1H3,(H,19,21)(H,22,23)/t13-,18+/m1/s1. The molecule has 0 unspecified atom stereocenters. The number of amides is 1. The SMILES string of the molecule is COc1cccc2c1OCC(CN1C[C@@H]3C(=O)NC[C@]3(C(=O)O)C1)=C2. The fraction of sp³-hybridized carbons (Fsp3) is 0.444. The number of nitrogens with zero attached hydrogens (tertiary/aromatic N) is 1. The Balaban J connectivity index is 1.53. The van der Waals surface area contributed by atoms with E-state index in [2.05, 4.69) is 11.4 Å². The molecule has 2 fully saturated rings. The molecule has 132 valence electrons. The average molecular weight is 344 g/mol. The predicted octanol–water partition coefficient (Wildman–Crippen LogP) is 0.604. The zero-order chi connectivity index (χ0) is 17.6. The Hall–Kier alpha value is -2.54. The van der Waals surface area contributed by atoms with Crippen LogP contribution in [0.15, 0.2) is 23.8 Å². The van der Waals surface area contributed by atoms with Crippen LogP contribution in [0.25, 0.3) is 6.08 Å². The minimum absolute atomic E-state index is 0.158. The Labute approximate surface area is 145 Å². The number of carbonyl (C=O) groups excluding carboxylic acids is 1. The van der Waals surface area contributed by atoms with Gasteiger partial charge in [-0.05, 0) is 17.7 Å². The topological polar surface area (TPSA) is 88.1 Å². The second kappa shape index (κ2) is 5.77. The van der Waals surface area contributed by atoms with Gasteiger partial charge in [0, 0.05) is 31.7 Å². The average Bonchev–Trinajstić information content (AvgIpc) is 3.12. The summed E-state index contributed by atoms with van der Waals surface area (Å²) >= 11 is 0. The number of carbonyl (C=O) groups is 2.